The third-order valence-corrected chi connectivity index (χ3v) is 2.65. The summed E-state index contributed by atoms with van der Waals surface area (Å²) >= 11 is 0. The van der Waals surface area contributed by atoms with Crippen molar-refractivity contribution >= 4 is 18.1 Å². The second kappa shape index (κ2) is 4.10. The molecule has 0 saturated carbocycles. The Labute approximate surface area is 79.2 Å². The molecule has 70 valence electrons. The van der Waals surface area contributed by atoms with Crippen LogP contribution in [0.3, 0.4) is 0 Å². The molecule has 0 amide bonds. The molecular weight excluding hydrogens is 176 g/mol. The van der Waals surface area contributed by atoms with Crippen molar-refractivity contribution < 1.29 is 4.84 Å². The Bertz CT molecular complexity index is 176. The monoisotopic (exact) mass is 190 g/mol. The zero-order chi connectivity index (χ0) is 7.68. The summed E-state index contributed by atoms with van der Waals surface area (Å²) in [5.74, 6) is 0.722. The Morgan fingerprint density at radius 2 is 2.08 bits per heavy atom. The van der Waals surface area contributed by atoms with Gasteiger partial charge in [0.15, 0.2) is 0 Å². The fraction of sp³-hybridized carbons (Fsp3) is 0.875. The Hall–Kier alpha value is -0.280. The second-order valence-electron chi connectivity index (χ2n) is 3.32. The molecule has 0 aliphatic carbocycles. The Kier molecular flexibility index (Phi) is 3.35. The van der Waals surface area contributed by atoms with Gasteiger partial charge in [0, 0.05) is 12.5 Å². The highest BCUT2D eigenvalue weighted by Gasteiger charge is 2.31. The minimum absolute atomic E-state index is 0. The average molecular weight is 191 g/mol. The number of fused-ring (bicyclic) bond motifs is 3. The summed E-state index contributed by atoms with van der Waals surface area (Å²) in [5.41, 5.74) is 1.25. The summed E-state index contributed by atoms with van der Waals surface area (Å²) < 4.78 is 0. The molecule has 0 aromatic carbocycles. The third kappa shape index (κ3) is 1.72. The highest BCUT2D eigenvalue weighted by atomic mass is 35.5. The van der Waals surface area contributed by atoms with Crippen LogP contribution in [0.15, 0.2) is 5.16 Å². The Morgan fingerprint density at radius 1 is 1.42 bits per heavy atom. The van der Waals surface area contributed by atoms with Crippen molar-refractivity contribution in [3.05, 3.63) is 0 Å². The van der Waals surface area contributed by atoms with Gasteiger partial charge < -0.3 is 4.84 Å². The first-order valence-electron chi connectivity index (χ1n) is 4.22. The zero-order valence-electron chi connectivity index (χ0n) is 7.32. The summed E-state index contributed by atoms with van der Waals surface area (Å²) in [6, 6.07) is 0. The molecule has 0 aromatic rings. The van der Waals surface area contributed by atoms with Gasteiger partial charge in [-0.3, -0.25) is 4.90 Å². The molecule has 0 N–H and O–H groups in total. The molecule has 2 bridgehead atoms. The number of hydrogen-bond donors (Lipinski definition) is 0. The lowest BCUT2D eigenvalue weighted by molar-refractivity contribution is 0.172. The third-order valence-electron chi connectivity index (χ3n) is 2.65. The van der Waals surface area contributed by atoms with E-state index in [1.165, 1.54) is 31.6 Å². The maximum atomic E-state index is 4.80. The van der Waals surface area contributed by atoms with Crippen LogP contribution in [0.4, 0.5) is 0 Å². The van der Waals surface area contributed by atoms with Gasteiger partial charge in [0.2, 0.25) is 0 Å². The predicted molar refractivity (Wildman–Crippen MR) is 50.9 cm³/mol. The van der Waals surface area contributed by atoms with Crippen molar-refractivity contribution in [1.29, 1.82) is 0 Å². The molecule has 3 saturated heterocycles. The van der Waals surface area contributed by atoms with Crippen molar-refractivity contribution in [3.8, 4) is 0 Å². The molecule has 0 unspecified atom stereocenters. The Balaban J connectivity index is 0.000000720. The van der Waals surface area contributed by atoms with Gasteiger partial charge in [-0.25, -0.2) is 0 Å². The molecule has 12 heavy (non-hydrogen) atoms. The second-order valence-corrected chi connectivity index (χ2v) is 3.32. The van der Waals surface area contributed by atoms with Crippen molar-refractivity contribution in [2.75, 3.05) is 26.7 Å². The van der Waals surface area contributed by atoms with Crippen molar-refractivity contribution in [1.82, 2.24) is 4.90 Å². The van der Waals surface area contributed by atoms with Gasteiger partial charge >= 0.3 is 0 Å². The van der Waals surface area contributed by atoms with Gasteiger partial charge in [0.25, 0.3) is 0 Å². The minimum Gasteiger partial charge on any atom is -0.399 e. The summed E-state index contributed by atoms with van der Waals surface area (Å²) in [6.45, 7) is 3.55. The molecule has 0 aromatic heterocycles. The van der Waals surface area contributed by atoms with E-state index in [0.29, 0.717) is 0 Å². The number of halogens is 1. The summed E-state index contributed by atoms with van der Waals surface area (Å²) in [6.07, 6.45) is 2.56. The van der Waals surface area contributed by atoms with Gasteiger partial charge in [-0.05, 0) is 25.9 Å². The molecule has 0 spiro atoms. The van der Waals surface area contributed by atoms with Crippen LogP contribution in [0.25, 0.3) is 0 Å². The van der Waals surface area contributed by atoms with Crippen LogP contribution in [-0.4, -0.2) is 37.4 Å². The lowest BCUT2D eigenvalue weighted by Gasteiger charge is -2.39. The van der Waals surface area contributed by atoms with E-state index in [9.17, 15) is 0 Å². The number of rotatable bonds is 1. The van der Waals surface area contributed by atoms with Crippen molar-refractivity contribution in [2.24, 2.45) is 11.1 Å². The quantitative estimate of drug-likeness (QED) is 0.580. The summed E-state index contributed by atoms with van der Waals surface area (Å²) in [4.78, 5) is 7.24. The minimum atomic E-state index is 0. The van der Waals surface area contributed by atoms with Gasteiger partial charge in [0.1, 0.15) is 7.11 Å². The number of hydrogen-bond acceptors (Lipinski definition) is 3. The molecule has 4 heteroatoms. The maximum Gasteiger partial charge on any atom is 0.106 e. The SMILES string of the molecule is CON=C1CN2CCC1CC2.Cl. The van der Waals surface area contributed by atoms with Crippen molar-refractivity contribution in [2.45, 2.75) is 12.8 Å². The molecule has 3 aliphatic heterocycles. The molecule has 0 radical (unpaired) electrons. The van der Waals surface area contributed by atoms with Crippen LogP contribution in [0.1, 0.15) is 12.8 Å². The zero-order valence-corrected chi connectivity index (χ0v) is 8.14. The molecule has 3 heterocycles. The highest BCUT2D eigenvalue weighted by Crippen LogP contribution is 2.25. The van der Waals surface area contributed by atoms with E-state index in [-0.39, 0.29) is 12.4 Å². The highest BCUT2D eigenvalue weighted by molar-refractivity contribution is 5.89. The van der Waals surface area contributed by atoms with E-state index in [4.69, 9.17) is 4.84 Å². The lowest BCUT2D eigenvalue weighted by Crippen LogP contribution is -2.47. The van der Waals surface area contributed by atoms with E-state index in [1.54, 1.807) is 7.11 Å². The van der Waals surface area contributed by atoms with E-state index in [2.05, 4.69) is 10.1 Å². The maximum absolute atomic E-state index is 4.80. The van der Waals surface area contributed by atoms with E-state index in [0.717, 1.165) is 12.5 Å². The standard InChI is InChI=1S/C8H14N2O.ClH/c1-11-9-8-6-10-4-2-7(8)3-5-10;/h7H,2-6H2,1H3;1H. The van der Waals surface area contributed by atoms with Crippen LogP contribution in [-0.2, 0) is 4.84 Å². The van der Waals surface area contributed by atoms with Crippen LogP contribution >= 0.6 is 12.4 Å². The van der Waals surface area contributed by atoms with Gasteiger partial charge in [0.05, 0.1) is 5.71 Å². The van der Waals surface area contributed by atoms with Crippen LogP contribution in [0.2, 0.25) is 0 Å². The van der Waals surface area contributed by atoms with E-state index >= 15 is 0 Å². The number of nitrogens with zero attached hydrogens (tertiary/aromatic N) is 2. The largest absolute Gasteiger partial charge is 0.399 e. The van der Waals surface area contributed by atoms with Gasteiger partial charge in [-0.2, -0.15) is 0 Å². The summed E-state index contributed by atoms with van der Waals surface area (Å²) in [7, 11) is 1.63. The molecular formula is C8H15ClN2O. The molecule has 3 aliphatic rings. The first-order chi connectivity index (χ1) is 5.40. The van der Waals surface area contributed by atoms with Gasteiger partial charge in [-0.15, -0.1) is 12.4 Å². The summed E-state index contributed by atoms with van der Waals surface area (Å²) in [5, 5.41) is 4.04. The first kappa shape index (κ1) is 9.81. The lowest BCUT2D eigenvalue weighted by atomic mass is 9.87. The Morgan fingerprint density at radius 3 is 2.50 bits per heavy atom. The van der Waals surface area contributed by atoms with Gasteiger partial charge in [-0.1, -0.05) is 5.16 Å². The number of oxime groups is 1. The van der Waals surface area contributed by atoms with Crippen molar-refractivity contribution in [3.63, 3.8) is 0 Å². The topological polar surface area (TPSA) is 24.8 Å². The van der Waals surface area contributed by atoms with Crippen LogP contribution in [0, 0.1) is 5.92 Å². The smallest absolute Gasteiger partial charge is 0.106 e. The van der Waals surface area contributed by atoms with Crippen LogP contribution in [0.5, 0.6) is 0 Å². The van der Waals surface area contributed by atoms with E-state index in [1.807, 2.05) is 0 Å². The molecule has 3 nitrogen and oxygen atoms in total. The molecule has 0 atom stereocenters. The predicted octanol–water partition coefficient (Wildman–Crippen LogP) is 1.14. The number of piperidine rings is 3. The van der Waals surface area contributed by atoms with E-state index < -0.39 is 0 Å². The molecule has 3 fully saturated rings. The fourth-order valence-electron chi connectivity index (χ4n) is 2.00. The first-order valence-corrected chi connectivity index (χ1v) is 4.22. The fourth-order valence-corrected chi connectivity index (χ4v) is 2.00. The normalized spacial score (nSPS) is 36.2. The average Bonchev–Trinajstić information content (AvgIpc) is 2.07. The molecule has 3 rings (SSSR count). The van der Waals surface area contributed by atoms with Crippen LogP contribution < -0.4 is 0 Å².